The predicted octanol–water partition coefficient (Wildman–Crippen LogP) is 12.1. The molecule has 0 aliphatic heterocycles. The lowest BCUT2D eigenvalue weighted by molar-refractivity contribution is 0.669. The SMILES string of the molecule is Cc1cccc(-c2ccc(-c3nc(-c4ccc(-c5ccccc5)cc4)nc(-c4ccc5c(c4)oc4cccc(-c6ccccc6)c45)n3)cc2)c1. The third-order valence-electron chi connectivity index (χ3n) is 9.22. The van der Waals surface area contributed by atoms with E-state index in [1.165, 1.54) is 16.7 Å². The van der Waals surface area contributed by atoms with Crippen LogP contribution in [0, 0.1) is 6.92 Å². The number of aromatic nitrogens is 3. The molecule has 9 aromatic rings. The van der Waals surface area contributed by atoms with E-state index in [9.17, 15) is 0 Å². The zero-order valence-electron chi connectivity index (χ0n) is 27.4. The highest BCUT2D eigenvalue weighted by atomic mass is 16.3. The Labute approximate surface area is 290 Å². The van der Waals surface area contributed by atoms with Crippen molar-refractivity contribution >= 4 is 21.9 Å². The van der Waals surface area contributed by atoms with Crippen molar-refractivity contribution in [1.82, 2.24) is 15.0 Å². The molecule has 7 aromatic carbocycles. The van der Waals surface area contributed by atoms with Gasteiger partial charge in [0, 0.05) is 27.5 Å². The molecule has 0 aliphatic rings. The zero-order chi connectivity index (χ0) is 33.4. The molecule has 2 heterocycles. The summed E-state index contributed by atoms with van der Waals surface area (Å²) in [4.78, 5) is 15.1. The van der Waals surface area contributed by atoms with Gasteiger partial charge in [0.2, 0.25) is 0 Å². The Bertz CT molecular complexity index is 2630. The highest BCUT2D eigenvalue weighted by Gasteiger charge is 2.17. The molecule has 0 unspecified atom stereocenters. The Morgan fingerprint density at radius 1 is 0.360 bits per heavy atom. The highest BCUT2D eigenvalue weighted by Crippen LogP contribution is 2.38. The summed E-state index contributed by atoms with van der Waals surface area (Å²) >= 11 is 0. The molecular formula is C46H31N3O. The van der Waals surface area contributed by atoms with Gasteiger partial charge >= 0.3 is 0 Å². The van der Waals surface area contributed by atoms with Crippen molar-refractivity contribution in [2.75, 3.05) is 0 Å². The average Bonchev–Trinajstić information content (AvgIpc) is 3.57. The molecular weight excluding hydrogens is 611 g/mol. The number of benzene rings is 7. The van der Waals surface area contributed by atoms with Gasteiger partial charge in [0.05, 0.1) is 0 Å². The second-order valence-electron chi connectivity index (χ2n) is 12.6. The first-order chi connectivity index (χ1) is 24.7. The number of fused-ring (bicyclic) bond motifs is 3. The molecule has 0 fully saturated rings. The van der Waals surface area contributed by atoms with Gasteiger partial charge in [0.15, 0.2) is 17.5 Å². The van der Waals surface area contributed by atoms with Crippen LogP contribution in [-0.2, 0) is 0 Å². The number of rotatable bonds is 6. The van der Waals surface area contributed by atoms with Crippen LogP contribution in [0.1, 0.15) is 5.56 Å². The molecule has 2 aromatic heterocycles. The molecule has 236 valence electrons. The second-order valence-corrected chi connectivity index (χ2v) is 12.6. The lowest BCUT2D eigenvalue weighted by Crippen LogP contribution is -2.00. The van der Waals surface area contributed by atoms with Gasteiger partial charge in [0.1, 0.15) is 11.2 Å². The lowest BCUT2D eigenvalue weighted by Gasteiger charge is -2.10. The zero-order valence-corrected chi connectivity index (χ0v) is 27.4. The van der Waals surface area contributed by atoms with Crippen molar-refractivity contribution < 1.29 is 4.42 Å². The number of nitrogens with zero attached hydrogens (tertiary/aromatic N) is 3. The van der Waals surface area contributed by atoms with Gasteiger partial charge in [-0.1, -0.05) is 157 Å². The normalized spacial score (nSPS) is 11.3. The molecule has 0 spiro atoms. The summed E-state index contributed by atoms with van der Waals surface area (Å²) in [5.41, 5.74) is 12.5. The van der Waals surface area contributed by atoms with Crippen LogP contribution >= 0.6 is 0 Å². The van der Waals surface area contributed by atoms with Crippen LogP contribution in [0.2, 0.25) is 0 Å². The first kappa shape index (κ1) is 29.5. The van der Waals surface area contributed by atoms with Gasteiger partial charge in [-0.25, -0.2) is 15.0 Å². The Morgan fingerprint density at radius 2 is 0.860 bits per heavy atom. The molecule has 0 N–H and O–H groups in total. The van der Waals surface area contributed by atoms with E-state index in [0.717, 1.165) is 60.9 Å². The van der Waals surface area contributed by atoms with E-state index >= 15 is 0 Å². The Hall–Kier alpha value is -6.65. The van der Waals surface area contributed by atoms with E-state index in [0.29, 0.717) is 17.5 Å². The Balaban J connectivity index is 1.16. The minimum atomic E-state index is 0.588. The third-order valence-corrected chi connectivity index (χ3v) is 9.22. The van der Waals surface area contributed by atoms with E-state index in [2.05, 4.69) is 146 Å². The minimum Gasteiger partial charge on any atom is -0.456 e. The number of furan rings is 1. The summed E-state index contributed by atoms with van der Waals surface area (Å²) in [7, 11) is 0. The maximum Gasteiger partial charge on any atom is 0.164 e. The van der Waals surface area contributed by atoms with E-state index in [4.69, 9.17) is 19.4 Å². The fourth-order valence-corrected chi connectivity index (χ4v) is 6.67. The molecule has 0 saturated heterocycles. The first-order valence-corrected chi connectivity index (χ1v) is 16.8. The summed E-state index contributed by atoms with van der Waals surface area (Å²) in [6.45, 7) is 2.11. The third kappa shape index (κ3) is 5.53. The molecule has 0 atom stereocenters. The second kappa shape index (κ2) is 12.4. The van der Waals surface area contributed by atoms with Gasteiger partial charge in [-0.3, -0.25) is 0 Å². The largest absolute Gasteiger partial charge is 0.456 e. The van der Waals surface area contributed by atoms with Crippen molar-refractivity contribution in [2.24, 2.45) is 0 Å². The van der Waals surface area contributed by atoms with Crippen molar-refractivity contribution in [3.8, 4) is 67.5 Å². The number of hydrogen-bond donors (Lipinski definition) is 0. The number of hydrogen-bond acceptors (Lipinski definition) is 4. The van der Waals surface area contributed by atoms with Crippen LogP contribution < -0.4 is 0 Å². The summed E-state index contributed by atoms with van der Waals surface area (Å²) in [5.74, 6) is 1.82. The average molecular weight is 642 g/mol. The lowest BCUT2D eigenvalue weighted by atomic mass is 9.99. The van der Waals surface area contributed by atoms with Crippen LogP contribution in [0.25, 0.3) is 89.5 Å². The quantitative estimate of drug-likeness (QED) is 0.181. The van der Waals surface area contributed by atoms with Gasteiger partial charge in [-0.2, -0.15) is 0 Å². The standard InChI is InChI=1S/C46H31N3O/c1-30-10-8-15-37(28-30)33-20-24-36(25-21-33)45-47-44(35-22-18-32(19-23-35)31-11-4-2-5-12-31)48-46(49-45)38-26-27-40-42(29-38)50-41-17-9-16-39(43(40)41)34-13-6-3-7-14-34/h2-29H,1H3. The molecule has 4 nitrogen and oxygen atoms in total. The van der Waals surface area contributed by atoms with Crippen molar-refractivity contribution in [3.63, 3.8) is 0 Å². The van der Waals surface area contributed by atoms with Gasteiger partial charge in [-0.15, -0.1) is 0 Å². The van der Waals surface area contributed by atoms with E-state index in [-0.39, 0.29) is 0 Å². The van der Waals surface area contributed by atoms with Crippen molar-refractivity contribution in [1.29, 1.82) is 0 Å². The summed E-state index contributed by atoms with van der Waals surface area (Å²) in [6, 6.07) is 58.7. The predicted molar refractivity (Wildman–Crippen MR) is 204 cm³/mol. The van der Waals surface area contributed by atoms with Gasteiger partial charge < -0.3 is 4.42 Å². The molecule has 9 rings (SSSR count). The number of aryl methyl sites for hydroxylation is 1. The molecule has 0 saturated carbocycles. The van der Waals surface area contributed by atoms with Gasteiger partial charge in [0.25, 0.3) is 0 Å². The van der Waals surface area contributed by atoms with E-state index < -0.39 is 0 Å². The molecule has 0 radical (unpaired) electrons. The molecule has 4 heteroatoms. The fraction of sp³-hybridized carbons (Fsp3) is 0.0217. The molecule has 0 aliphatic carbocycles. The van der Waals surface area contributed by atoms with Crippen molar-refractivity contribution in [2.45, 2.75) is 6.92 Å². The Morgan fingerprint density at radius 3 is 1.50 bits per heavy atom. The van der Waals surface area contributed by atoms with Crippen LogP contribution in [0.3, 0.4) is 0 Å². The van der Waals surface area contributed by atoms with E-state index in [1.807, 2.05) is 30.3 Å². The van der Waals surface area contributed by atoms with E-state index in [1.54, 1.807) is 0 Å². The smallest absolute Gasteiger partial charge is 0.164 e. The summed E-state index contributed by atoms with van der Waals surface area (Å²) in [6.07, 6.45) is 0. The maximum absolute atomic E-state index is 6.45. The molecule has 50 heavy (non-hydrogen) atoms. The van der Waals surface area contributed by atoms with Crippen LogP contribution in [0.15, 0.2) is 174 Å². The minimum absolute atomic E-state index is 0.588. The van der Waals surface area contributed by atoms with Gasteiger partial charge in [-0.05, 0) is 58.5 Å². The topological polar surface area (TPSA) is 51.8 Å². The van der Waals surface area contributed by atoms with Crippen LogP contribution in [-0.4, -0.2) is 15.0 Å². The summed E-state index contributed by atoms with van der Waals surface area (Å²) < 4.78 is 6.45. The van der Waals surface area contributed by atoms with Crippen molar-refractivity contribution in [3.05, 3.63) is 175 Å². The molecule has 0 bridgehead atoms. The monoisotopic (exact) mass is 641 g/mol. The molecule has 0 amide bonds. The fourth-order valence-electron chi connectivity index (χ4n) is 6.67. The first-order valence-electron chi connectivity index (χ1n) is 16.8. The maximum atomic E-state index is 6.45. The van der Waals surface area contributed by atoms with Crippen LogP contribution in [0.5, 0.6) is 0 Å². The Kier molecular flexibility index (Phi) is 7.33. The summed E-state index contributed by atoms with van der Waals surface area (Å²) in [5, 5.41) is 2.16. The highest BCUT2D eigenvalue weighted by molar-refractivity contribution is 6.13. The van der Waals surface area contributed by atoms with Crippen LogP contribution in [0.4, 0.5) is 0 Å².